The zero-order chi connectivity index (χ0) is 20.6. The third kappa shape index (κ3) is 4.06. The van der Waals surface area contributed by atoms with Crippen molar-refractivity contribution in [3.05, 3.63) is 56.6 Å². The van der Waals surface area contributed by atoms with Gasteiger partial charge in [-0.2, -0.15) is 0 Å². The maximum atomic E-state index is 12.7. The first-order valence-corrected chi connectivity index (χ1v) is 10.7. The van der Waals surface area contributed by atoms with E-state index in [1.807, 2.05) is 0 Å². The average molecular weight is 444 g/mol. The number of nitro groups is 1. The van der Waals surface area contributed by atoms with Crippen molar-refractivity contribution in [1.29, 1.82) is 0 Å². The van der Waals surface area contributed by atoms with E-state index < -0.39 is 31.4 Å². The Morgan fingerprint density at radius 3 is 2.50 bits per heavy atom. The lowest BCUT2D eigenvalue weighted by atomic mass is 10.2. The molecule has 148 valence electrons. The van der Waals surface area contributed by atoms with Crippen LogP contribution in [-0.2, 0) is 14.6 Å². The number of hydrogen-bond donors (Lipinski definition) is 1. The predicted octanol–water partition coefficient (Wildman–Crippen LogP) is 3.52. The van der Waals surface area contributed by atoms with Crippen LogP contribution in [0.3, 0.4) is 0 Å². The van der Waals surface area contributed by atoms with Gasteiger partial charge in [0, 0.05) is 30.2 Å². The predicted molar refractivity (Wildman–Crippen MR) is 107 cm³/mol. The minimum absolute atomic E-state index is 0.224. The summed E-state index contributed by atoms with van der Waals surface area (Å²) in [5.41, 5.74) is 0.396. The number of halogens is 2. The number of nitrogens with zero attached hydrogens (tertiary/aromatic N) is 2. The quantitative estimate of drug-likeness (QED) is 0.558. The molecule has 11 heteroatoms. The molecule has 0 radical (unpaired) electrons. The number of rotatable bonds is 5. The van der Waals surface area contributed by atoms with Crippen LogP contribution in [0.4, 0.5) is 17.1 Å². The molecule has 1 unspecified atom stereocenters. The second kappa shape index (κ2) is 7.57. The molecular weight excluding hydrogens is 429 g/mol. The summed E-state index contributed by atoms with van der Waals surface area (Å²) in [6, 6.07) is 7.92. The molecule has 2 aromatic rings. The lowest BCUT2D eigenvalue weighted by Crippen LogP contribution is -2.33. The van der Waals surface area contributed by atoms with Gasteiger partial charge in [0.2, 0.25) is 5.91 Å². The molecule has 1 N–H and O–H groups in total. The normalized spacial score (nSPS) is 17.0. The van der Waals surface area contributed by atoms with Crippen LogP contribution in [0, 0.1) is 10.1 Å². The molecule has 2 aromatic carbocycles. The van der Waals surface area contributed by atoms with E-state index in [1.54, 1.807) is 23.1 Å². The van der Waals surface area contributed by atoms with E-state index in [0.29, 0.717) is 34.4 Å². The van der Waals surface area contributed by atoms with Crippen molar-refractivity contribution in [3.63, 3.8) is 0 Å². The van der Waals surface area contributed by atoms with E-state index in [0.717, 1.165) is 12.3 Å². The first kappa shape index (κ1) is 20.4. The first-order chi connectivity index (χ1) is 13.1. The summed E-state index contributed by atoms with van der Waals surface area (Å²) in [6.45, 7) is 0.431. The lowest BCUT2D eigenvalue weighted by Gasteiger charge is -2.18. The van der Waals surface area contributed by atoms with E-state index in [2.05, 4.69) is 5.32 Å². The van der Waals surface area contributed by atoms with Crippen LogP contribution in [0.15, 0.2) is 41.3 Å². The smallest absolute Gasteiger partial charge is 0.288 e. The van der Waals surface area contributed by atoms with E-state index >= 15 is 0 Å². The molecule has 1 amide bonds. The third-order valence-corrected chi connectivity index (χ3v) is 6.18. The summed E-state index contributed by atoms with van der Waals surface area (Å²) in [5.74, 6) is -0.224. The van der Waals surface area contributed by atoms with Crippen LogP contribution in [0.2, 0.25) is 10.0 Å². The zero-order valence-corrected chi connectivity index (χ0v) is 16.9. The van der Waals surface area contributed by atoms with E-state index in [4.69, 9.17) is 23.2 Å². The van der Waals surface area contributed by atoms with Gasteiger partial charge in [0.25, 0.3) is 5.69 Å². The average Bonchev–Trinajstić information content (AvgIpc) is 2.97. The van der Waals surface area contributed by atoms with Gasteiger partial charge in [0.05, 0.1) is 15.0 Å². The molecule has 1 heterocycles. The van der Waals surface area contributed by atoms with Gasteiger partial charge < -0.3 is 10.2 Å². The topological polar surface area (TPSA) is 110 Å². The summed E-state index contributed by atoms with van der Waals surface area (Å²) >= 11 is 11.9. The molecule has 1 saturated heterocycles. The molecule has 0 spiro atoms. The maximum Gasteiger partial charge on any atom is 0.288 e. The highest BCUT2D eigenvalue weighted by atomic mass is 35.5. The van der Waals surface area contributed by atoms with Crippen molar-refractivity contribution < 1.29 is 18.1 Å². The van der Waals surface area contributed by atoms with Crippen LogP contribution in [0.25, 0.3) is 0 Å². The zero-order valence-electron chi connectivity index (χ0n) is 14.6. The van der Waals surface area contributed by atoms with Crippen molar-refractivity contribution in [3.8, 4) is 0 Å². The fourth-order valence-electron chi connectivity index (χ4n) is 2.98. The van der Waals surface area contributed by atoms with E-state index in [9.17, 15) is 23.3 Å². The highest BCUT2D eigenvalue weighted by Crippen LogP contribution is 2.31. The SMILES string of the molecule is CS(=O)(=O)c1cc(NC2CCN(c3ccc(Cl)c(Cl)c3)C2=O)ccc1[N+](=O)[O-]. The second-order valence-corrected chi connectivity index (χ2v) is 9.08. The number of benzene rings is 2. The van der Waals surface area contributed by atoms with Crippen LogP contribution in [0.1, 0.15) is 6.42 Å². The Balaban J connectivity index is 1.84. The number of anilines is 2. The fraction of sp³-hybridized carbons (Fsp3) is 0.235. The van der Waals surface area contributed by atoms with Gasteiger partial charge in [-0.1, -0.05) is 23.2 Å². The van der Waals surface area contributed by atoms with Gasteiger partial charge in [0.1, 0.15) is 10.9 Å². The first-order valence-electron chi connectivity index (χ1n) is 8.09. The van der Waals surface area contributed by atoms with Gasteiger partial charge in [0.15, 0.2) is 9.84 Å². The second-order valence-electron chi connectivity index (χ2n) is 6.29. The van der Waals surface area contributed by atoms with Crippen molar-refractivity contribution in [1.82, 2.24) is 0 Å². The van der Waals surface area contributed by atoms with E-state index in [1.165, 1.54) is 12.1 Å². The Bertz CT molecular complexity index is 1070. The maximum absolute atomic E-state index is 12.7. The molecule has 0 aliphatic carbocycles. The van der Waals surface area contributed by atoms with Crippen LogP contribution in [0.5, 0.6) is 0 Å². The van der Waals surface area contributed by atoms with Gasteiger partial charge in [-0.3, -0.25) is 14.9 Å². The Kier molecular flexibility index (Phi) is 5.51. The van der Waals surface area contributed by atoms with Gasteiger partial charge in [-0.15, -0.1) is 0 Å². The molecule has 3 rings (SSSR count). The number of carbonyl (C=O) groups is 1. The highest BCUT2D eigenvalue weighted by molar-refractivity contribution is 7.90. The molecule has 0 aromatic heterocycles. The number of nitrogens with one attached hydrogen (secondary N) is 1. The van der Waals surface area contributed by atoms with Gasteiger partial charge in [-0.25, -0.2) is 8.42 Å². The molecule has 1 aliphatic heterocycles. The van der Waals surface area contributed by atoms with Crippen molar-refractivity contribution in [2.75, 3.05) is 23.0 Å². The van der Waals surface area contributed by atoms with E-state index in [-0.39, 0.29) is 5.91 Å². The van der Waals surface area contributed by atoms with Crippen molar-refractivity contribution in [2.24, 2.45) is 0 Å². The van der Waals surface area contributed by atoms with Crippen LogP contribution < -0.4 is 10.2 Å². The van der Waals surface area contributed by atoms with Crippen LogP contribution in [-0.4, -0.2) is 38.1 Å². The fourth-order valence-corrected chi connectivity index (χ4v) is 4.13. The standard InChI is InChI=1S/C17H15Cl2N3O5S/c1-28(26,27)16-8-10(2-5-15(16)22(24)25)20-14-6-7-21(17(14)23)11-3-4-12(18)13(19)9-11/h2-5,8-9,14,20H,6-7H2,1H3. The molecule has 1 aliphatic rings. The molecule has 1 fully saturated rings. The minimum atomic E-state index is -3.81. The number of nitro benzene ring substituents is 1. The summed E-state index contributed by atoms with van der Waals surface area (Å²) in [4.78, 5) is 24.2. The summed E-state index contributed by atoms with van der Waals surface area (Å²) < 4.78 is 23.8. The largest absolute Gasteiger partial charge is 0.374 e. The number of sulfone groups is 1. The Labute approximate surface area is 171 Å². The summed E-state index contributed by atoms with van der Waals surface area (Å²) in [6.07, 6.45) is 1.36. The monoisotopic (exact) mass is 443 g/mol. The molecule has 0 bridgehead atoms. The summed E-state index contributed by atoms with van der Waals surface area (Å²) in [5, 5.41) is 14.7. The molecule has 28 heavy (non-hydrogen) atoms. The number of amides is 1. The van der Waals surface area contributed by atoms with Gasteiger partial charge in [-0.05, 0) is 36.8 Å². The minimum Gasteiger partial charge on any atom is -0.374 e. The Hall–Kier alpha value is -2.36. The number of hydrogen-bond acceptors (Lipinski definition) is 6. The van der Waals surface area contributed by atoms with Gasteiger partial charge >= 0.3 is 0 Å². The lowest BCUT2D eigenvalue weighted by molar-refractivity contribution is -0.387. The number of carbonyl (C=O) groups excluding carboxylic acids is 1. The molecule has 8 nitrogen and oxygen atoms in total. The Morgan fingerprint density at radius 2 is 1.89 bits per heavy atom. The van der Waals surface area contributed by atoms with Crippen LogP contribution >= 0.6 is 23.2 Å². The Morgan fingerprint density at radius 1 is 1.18 bits per heavy atom. The molecule has 0 saturated carbocycles. The third-order valence-electron chi connectivity index (χ3n) is 4.32. The summed E-state index contributed by atoms with van der Waals surface area (Å²) in [7, 11) is -3.81. The van der Waals surface area contributed by atoms with Crippen molar-refractivity contribution in [2.45, 2.75) is 17.4 Å². The molecule has 1 atom stereocenters. The molecular formula is C17H15Cl2N3O5S. The highest BCUT2D eigenvalue weighted by Gasteiger charge is 2.33. The van der Waals surface area contributed by atoms with Crippen molar-refractivity contribution >= 4 is 56.0 Å².